The number of carbonyl (C=O) groups excluding carboxylic acids is 1. The van der Waals surface area contributed by atoms with Crippen molar-refractivity contribution in [3.63, 3.8) is 0 Å². The molecule has 0 fully saturated rings. The maximum atomic E-state index is 12.4. The number of rotatable bonds is 9. The van der Waals surface area contributed by atoms with Crippen LogP contribution in [-0.2, 0) is 17.9 Å². The number of nitrogens with one attached hydrogen (secondary N) is 1. The molecule has 0 spiro atoms. The third-order valence-corrected chi connectivity index (χ3v) is 3.99. The van der Waals surface area contributed by atoms with Crippen LogP contribution < -0.4 is 10.1 Å². The minimum absolute atomic E-state index is 0.153. The van der Waals surface area contributed by atoms with Crippen LogP contribution in [0.4, 0.5) is 0 Å². The van der Waals surface area contributed by atoms with Gasteiger partial charge in [-0.25, -0.2) is 0 Å². The maximum absolute atomic E-state index is 12.4. The van der Waals surface area contributed by atoms with Gasteiger partial charge in [-0.3, -0.25) is 4.79 Å². The minimum atomic E-state index is -0.153. The lowest BCUT2D eigenvalue weighted by atomic mass is 10.1. The first-order chi connectivity index (χ1) is 12.2. The first-order valence-corrected chi connectivity index (χ1v) is 8.88. The number of halogens is 1. The Morgan fingerprint density at radius 3 is 2.64 bits per heavy atom. The quantitative estimate of drug-likeness (QED) is 0.664. The molecule has 0 radical (unpaired) electrons. The van der Waals surface area contributed by atoms with Crippen molar-refractivity contribution >= 4 is 17.5 Å². The van der Waals surface area contributed by atoms with Crippen LogP contribution in [0.1, 0.15) is 41.8 Å². The SMILES string of the molecule is CCCOCc1cc(C(=O)NCc2ccccc2Cl)ccc1OCC. The largest absolute Gasteiger partial charge is 0.494 e. The standard InChI is InChI=1S/C20H24ClNO3/c1-3-11-24-14-17-12-15(9-10-19(17)25-4-2)20(23)22-13-16-7-5-6-8-18(16)21/h5-10,12H,3-4,11,13-14H2,1-2H3,(H,22,23). The van der Waals surface area contributed by atoms with E-state index in [0.717, 1.165) is 23.3 Å². The van der Waals surface area contributed by atoms with E-state index in [0.29, 0.717) is 37.0 Å². The topological polar surface area (TPSA) is 47.6 Å². The number of carbonyl (C=O) groups is 1. The fourth-order valence-corrected chi connectivity index (χ4v) is 2.58. The Hall–Kier alpha value is -2.04. The van der Waals surface area contributed by atoms with E-state index in [-0.39, 0.29) is 5.91 Å². The zero-order chi connectivity index (χ0) is 18.1. The lowest BCUT2D eigenvalue weighted by Gasteiger charge is -2.13. The molecule has 2 aromatic rings. The molecule has 1 amide bonds. The lowest BCUT2D eigenvalue weighted by Crippen LogP contribution is -2.23. The van der Waals surface area contributed by atoms with Crippen LogP contribution in [-0.4, -0.2) is 19.1 Å². The summed E-state index contributed by atoms with van der Waals surface area (Å²) in [6, 6.07) is 12.9. The third kappa shape index (κ3) is 5.76. The molecule has 0 saturated heterocycles. The molecule has 2 aromatic carbocycles. The Morgan fingerprint density at radius 1 is 1.12 bits per heavy atom. The molecule has 5 heteroatoms. The smallest absolute Gasteiger partial charge is 0.251 e. The van der Waals surface area contributed by atoms with E-state index in [1.165, 1.54) is 0 Å². The molecule has 4 nitrogen and oxygen atoms in total. The van der Waals surface area contributed by atoms with E-state index in [4.69, 9.17) is 21.1 Å². The van der Waals surface area contributed by atoms with E-state index in [9.17, 15) is 4.79 Å². The Bertz CT molecular complexity index is 703. The van der Waals surface area contributed by atoms with Gasteiger partial charge in [-0.15, -0.1) is 0 Å². The van der Waals surface area contributed by atoms with Gasteiger partial charge in [0, 0.05) is 29.3 Å². The van der Waals surface area contributed by atoms with Crippen LogP contribution in [0, 0.1) is 0 Å². The van der Waals surface area contributed by atoms with Gasteiger partial charge in [-0.05, 0) is 43.2 Å². The second-order valence-electron chi connectivity index (χ2n) is 5.58. The molecule has 0 saturated carbocycles. The summed E-state index contributed by atoms with van der Waals surface area (Å²) < 4.78 is 11.2. The van der Waals surface area contributed by atoms with Crippen molar-refractivity contribution < 1.29 is 14.3 Å². The first-order valence-electron chi connectivity index (χ1n) is 8.50. The summed E-state index contributed by atoms with van der Waals surface area (Å²) in [5, 5.41) is 3.54. The summed E-state index contributed by atoms with van der Waals surface area (Å²) in [5.74, 6) is 0.598. The molecule has 0 aliphatic rings. The van der Waals surface area contributed by atoms with Crippen LogP contribution in [0.5, 0.6) is 5.75 Å². The van der Waals surface area contributed by atoms with Gasteiger partial charge < -0.3 is 14.8 Å². The predicted octanol–water partition coefficient (Wildman–Crippen LogP) is 4.60. The fraction of sp³-hybridized carbons (Fsp3) is 0.350. The number of amides is 1. The third-order valence-electron chi connectivity index (χ3n) is 3.63. The molecule has 0 atom stereocenters. The van der Waals surface area contributed by atoms with Crippen molar-refractivity contribution in [1.82, 2.24) is 5.32 Å². The minimum Gasteiger partial charge on any atom is -0.494 e. The highest BCUT2D eigenvalue weighted by molar-refractivity contribution is 6.31. The maximum Gasteiger partial charge on any atom is 0.251 e. The number of ether oxygens (including phenoxy) is 2. The molecule has 0 unspecified atom stereocenters. The summed E-state index contributed by atoms with van der Waals surface area (Å²) in [5.41, 5.74) is 2.33. The number of benzene rings is 2. The van der Waals surface area contributed by atoms with Gasteiger partial charge in [0.2, 0.25) is 0 Å². The van der Waals surface area contributed by atoms with Gasteiger partial charge in [0.1, 0.15) is 5.75 Å². The highest BCUT2D eigenvalue weighted by Crippen LogP contribution is 2.22. The molecular weight excluding hydrogens is 338 g/mol. The zero-order valence-corrected chi connectivity index (χ0v) is 15.4. The van der Waals surface area contributed by atoms with Crippen molar-refractivity contribution in [2.45, 2.75) is 33.4 Å². The summed E-state index contributed by atoms with van der Waals surface area (Å²) in [7, 11) is 0. The molecule has 25 heavy (non-hydrogen) atoms. The molecule has 0 bridgehead atoms. The van der Waals surface area contributed by atoms with E-state index >= 15 is 0 Å². The van der Waals surface area contributed by atoms with Crippen LogP contribution >= 0.6 is 11.6 Å². The van der Waals surface area contributed by atoms with Gasteiger partial charge in [-0.2, -0.15) is 0 Å². The second kappa shape index (κ2) is 10.1. The van der Waals surface area contributed by atoms with E-state index < -0.39 is 0 Å². The van der Waals surface area contributed by atoms with Crippen LogP contribution in [0.2, 0.25) is 5.02 Å². The van der Waals surface area contributed by atoms with Crippen molar-refractivity contribution in [2.24, 2.45) is 0 Å². The monoisotopic (exact) mass is 361 g/mol. The number of hydrogen-bond donors (Lipinski definition) is 1. The normalized spacial score (nSPS) is 10.5. The molecule has 2 rings (SSSR count). The average Bonchev–Trinajstić information content (AvgIpc) is 2.62. The molecule has 0 heterocycles. The van der Waals surface area contributed by atoms with Gasteiger partial charge >= 0.3 is 0 Å². The second-order valence-corrected chi connectivity index (χ2v) is 5.99. The van der Waals surface area contributed by atoms with Gasteiger partial charge in [0.15, 0.2) is 0 Å². The van der Waals surface area contributed by atoms with Gasteiger partial charge in [0.25, 0.3) is 5.91 Å². The Morgan fingerprint density at radius 2 is 1.92 bits per heavy atom. The summed E-state index contributed by atoms with van der Waals surface area (Å²) in [6.07, 6.45) is 0.946. The first kappa shape index (κ1) is 19.3. The molecule has 0 aliphatic carbocycles. The fourth-order valence-electron chi connectivity index (χ4n) is 2.38. The van der Waals surface area contributed by atoms with Crippen molar-refractivity contribution in [2.75, 3.05) is 13.2 Å². The van der Waals surface area contributed by atoms with Crippen LogP contribution in [0.25, 0.3) is 0 Å². The van der Waals surface area contributed by atoms with E-state index in [1.807, 2.05) is 43.3 Å². The molecule has 0 aliphatic heterocycles. The van der Waals surface area contributed by atoms with E-state index in [2.05, 4.69) is 12.2 Å². The van der Waals surface area contributed by atoms with Gasteiger partial charge in [0.05, 0.1) is 13.2 Å². The summed E-state index contributed by atoms with van der Waals surface area (Å²) in [6.45, 7) is 6.04. The Labute approximate surface area is 154 Å². The average molecular weight is 362 g/mol. The lowest BCUT2D eigenvalue weighted by molar-refractivity contribution is 0.0950. The molecule has 134 valence electrons. The van der Waals surface area contributed by atoms with Crippen molar-refractivity contribution in [3.8, 4) is 5.75 Å². The van der Waals surface area contributed by atoms with Crippen molar-refractivity contribution in [1.29, 1.82) is 0 Å². The molecule has 1 N–H and O–H groups in total. The van der Waals surface area contributed by atoms with Crippen LogP contribution in [0.3, 0.4) is 0 Å². The Balaban J connectivity index is 2.07. The summed E-state index contributed by atoms with van der Waals surface area (Å²) in [4.78, 5) is 12.4. The molecule has 0 aromatic heterocycles. The van der Waals surface area contributed by atoms with Gasteiger partial charge in [-0.1, -0.05) is 36.7 Å². The predicted molar refractivity (Wildman–Crippen MR) is 100 cm³/mol. The Kier molecular flexibility index (Phi) is 7.76. The zero-order valence-electron chi connectivity index (χ0n) is 14.7. The highest BCUT2D eigenvalue weighted by atomic mass is 35.5. The van der Waals surface area contributed by atoms with Crippen molar-refractivity contribution in [3.05, 3.63) is 64.2 Å². The highest BCUT2D eigenvalue weighted by Gasteiger charge is 2.11. The summed E-state index contributed by atoms with van der Waals surface area (Å²) >= 11 is 6.12. The van der Waals surface area contributed by atoms with Crippen LogP contribution in [0.15, 0.2) is 42.5 Å². The van der Waals surface area contributed by atoms with E-state index in [1.54, 1.807) is 6.07 Å². The molecular formula is C20H24ClNO3. The number of hydrogen-bond acceptors (Lipinski definition) is 3.